The molecule has 1 aliphatic carbocycles. The maximum Gasteiger partial charge on any atom is 0.0907 e. The Balaban J connectivity index is 2.34. The zero-order chi connectivity index (χ0) is 14.1. The molecule has 1 fully saturated rings. The Morgan fingerprint density at radius 1 is 1.37 bits per heavy atom. The van der Waals surface area contributed by atoms with Crippen LogP contribution in [0.2, 0.25) is 0 Å². The molecule has 1 aromatic carbocycles. The van der Waals surface area contributed by atoms with E-state index >= 15 is 0 Å². The minimum atomic E-state index is -0.655. The van der Waals surface area contributed by atoms with E-state index in [0.29, 0.717) is 5.92 Å². The van der Waals surface area contributed by atoms with Crippen molar-refractivity contribution in [2.24, 2.45) is 11.3 Å². The van der Waals surface area contributed by atoms with Crippen LogP contribution in [0.4, 0.5) is 0 Å². The molecule has 0 radical (unpaired) electrons. The van der Waals surface area contributed by atoms with Crippen LogP contribution in [0.1, 0.15) is 44.2 Å². The topological polar surface area (TPSA) is 32.3 Å². The van der Waals surface area contributed by atoms with Gasteiger partial charge in [-0.2, -0.15) is 0 Å². The third-order valence-corrected chi connectivity index (χ3v) is 5.17. The maximum absolute atomic E-state index is 11.2. The molecule has 2 nitrogen and oxygen atoms in total. The quantitative estimate of drug-likeness (QED) is 0.872. The molecule has 19 heavy (non-hydrogen) atoms. The van der Waals surface area contributed by atoms with E-state index in [1.807, 2.05) is 19.2 Å². The van der Waals surface area contributed by atoms with E-state index in [2.05, 4.69) is 38.2 Å². The van der Waals surface area contributed by atoms with Gasteiger partial charge in [0.25, 0.3) is 0 Å². The van der Waals surface area contributed by atoms with Crippen LogP contribution in [0.15, 0.2) is 24.3 Å². The van der Waals surface area contributed by atoms with Crippen LogP contribution in [0.25, 0.3) is 0 Å². The lowest BCUT2D eigenvalue weighted by molar-refractivity contribution is 0.0305. The van der Waals surface area contributed by atoms with E-state index in [4.69, 9.17) is 0 Å². The largest absolute Gasteiger partial charge is 0.385 e. The molecule has 2 rings (SSSR count). The van der Waals surface area contributed by atoms with Gasteiger partial charge in [-0.3, -0.25) is 0 Å². The molecule has 3 unspecified atom stereocenters. The fourth-order valence-corrected chi connectivity index (χ4v) is 3.82. The molecule has 0 aliphatic heterocycles. The first kappa shape index (κ1) is 14.5. The lowest BCUT2D eigenvalue weighted by atomic mass is 9.77. The van der Waals surface area contributed by atoms with E-state index in [-0.39, 0.29) is 5.41 Å². The van der Waals surface area contributed by atoms with E-state index in [1.165, 1.54) is 5.56 Å². The van der Waals surface area contributed by atoms with Crippen LogP contribution < -0.4 is 5.32 Å². The number of benzene rings is 1. The van der Waals surface area contributed by atoms with Crippen LogP contribution in [0.3, 0.4) is 0 Å². The number of hydrogen-bond donors (Lipinski definition) is 2. The van der Waals surface area contributed by atoms with Gasteiger partial charge in [0.2, 0.25) is 0 Å². The molecule has 2 heteroatoms. The molecule has 1 saturated carbocycles. The fourth-order valence-electron chi connectivity index (χ4n) is 3.82. The van der Waals surface area contributed by atoms with Crippen molar-refractivity contribution in [3.63, 3.8) is 0 Å². The van der Waals surface area contributed by atoms with Crippen molar-refractivity contribution in [1.82, 2.24) is 5.32 Å². The Kier molecular flexibility index (Phi) is 4.03. The van der Waals surface area contributed by atoms with Gasteiger partial charge in [0.1, 0.15) is 0 Å². The van der Waals surface area contributed by atoms with Gasteiger partial charge in [0.05, 0.1) is 5.60 Å². The van der Waals surface area contributed by atoms with Crippen LogP contribution >= 0.6 is 0 Å². The predicted octanol–water partition coefficient (Wildman–Crippen LogP) is 3.23. The second-order valence-electron chi connectivity index (χ2n) is 6.49. The average Bonchev–Trinajstić information content (AvgIpc) is 2.64. The minimum absolute atomic E-state index is 0.222. The van der Waals surface area contributed by atoms with Crippen LogP contribution in [-0.4, -0.2) is 18.7 Å². The lowest BCUT2D eigenvalue weighted by Crippen LogP contribution is -2.29. The summed E-state index contributed by atoms with van der Waals surface area (Å²) in [4.78, 5) is 0. The van der Waals surface area contributed by atoms with E-state index in [0.717, 1.165) is 31.4 Å². The highest BCUT2D eigenvalue weighted by Gasteiger charge is 2.51. The highest BCUT2D eigenvalue weighted by Crippen LogP contribution is 2.54. The summed E-state index contributed by atoms with van der Waals surface area (Å²) in [6, 6.07) is 8.27. The number of nitrogens with one attached hydrogen (secondary N) is 1. The molecule has 0 saturated heterocycles. The summed E-state index contributed by atoms with van der Waals surface area (Å²) in [7, 11) is 2.00. The van der Waals surface area contributed by atoms with Gasteiger partial charge in [0, 0.05) is 0 Å². The lowest BCUT2D eigenvalue weighted by Gasteiger charge is -2.30. The molecule has 2 N–H and O–H groups in total. The third kappa shape index (κ3) is 2.56. The molecular weight excluding hydrogens is 234 g/mol. The summed E-state index contributed by atoms with van der Waals surface area (Å²) in [6.45, 7) is 7.65. The first-order valence-electron chi connectivity index (χ1n) is 7.38. The van der Waals surface area contributed by atoms with Gasteiger partial charge >= 0.3 is 0 Å². The van der Waals surface area contributed by atoms with Gasteiger partial charge in [-0.05, 0) is 55.8 Å². The highest BCUT2D eigenvalue weighted by atomic mass is 16.3. The summed E-state index contributed by atoms with van der Waals surface area (Å²) < 4.78 is 0. The molecule has 0 spiro atoms. The molecule has 106 valence electrons. The molecule has 1 aliphatic rings. The Morgan fingerprint density at radius 3 is 2.63 bits per heavy atom. The summed E-state index contributed by atoms with van der Waals surface area (Å²) in [6.07, 6.45) is 2.85. The van der Waals surface area contributed by atoms with Gasteiger partial charge in [0.15, 0.2) is 0 Å². The molecule has 3 atom stereocenters. The van der Waals surface area contributed by atoms with E-state index in [1.54, 1.807) is 0 Å². The second kappa shape index (κ2) is 5.26. The summed E-state index contributed by atoms with van der Waals surface area (Å²) in [5.74, 6) is 0.534. The summed E-state index contributed by atoms with van der Waals surface area (Å²) in [5, 5.41) is 14.5. The van der Waals surface area contributed by atoms with Crippen LogP contribution in [-0.2, 0) is 5.60 Å². The maximum atomic E-state index is 11.2. The average molecular weight is 261 g/mol. The van der Waals surface area contributed by atoms with E-state index in [9.17, 15) is 5.11 Å². The van der Waals surface area contributed by atoms with Crippen molar-refractivity contribution in [3.05, 3.63) is 35.4 Å². The molecular formula is C17H27NO. The molecule has 0 aromatic heterocycles. The summed E-state index contributed by atoms with van der Waals surface area (Å²) >= 11 is 0. The zero-order valence-corrected chi connectivity index (χ0v) is 12.7. The molecule has 0 amide bonds. The number of hydrogen-bond acceptors (Lipinski definition) is 2. The zero-order valence-electron chi connectivity index (χ0n) is 12.7. The molecule has 0 bridgehead atoms. The van der Waals surface area contributed by atoms with E-state index < -0.39 is 5.60 Å². The normalized spacial score (nSPS) is 34.7. The van der Waals surface area contributed by atoms with Gasteiger partial charge in [-0.1, -0.05) is 44.5 Å². The number of aryl methyl sites for hydroxylation is 1. The smallest absolute Gasteiger partial charge is 0.0907 e. The third-order valence-electron chi connectivity index (χ3n) is 5.17. The standard InChI is InChI=1S/C17H27NO/c1-5-16(3)12-17(19,10-14(16)11-18-4)15-9-7-6-8-13(15)2/h6-9,14,18-19H,5,10-12H2,1-4H3. The van der Waals surface area contributed by atoms with Gasteiger partial charge < -0.3 is 10.4 Å². The van der Waals surface area contributed by atoms with Crippen LogP contribution in [0, 0.1) is 18.3 Å². The van der Waals surface area contributed by atoms with Crippen molar-refractivity contribution < 1.29 is 5.11 Å². The Labute approximate surface area is 117 Å². The Morgan fingerprint density at radius 2 is 2.05 bits per heavy atom. The van der Waals surface area contributed by atoms with Crippen molar-refractivity contribution >= 4 is 0 Å². The summed E-state index contributed by atoms with van der Waals surface area (Å²) in [5.41, 5.74) is 1.89. The highest BCUT2D eigenvalue weighted by molar-refractivity contribution is 5.33. The minimum Gasteiger partial charge on any atom is -0.385 e. The van der Waals surface area contributed by atoms with Crippen molar-refractivity contribution in [2.45, 2.75) is 45.6 Å². The van der Waals surface area contributed by atoms with Crippen molar-refractivity contribution in [3.8, 4) is 0 Å². The molecule has 1 aromatic rings. The van der Waals surface area contributed by atoms with Gasteiger partial charge in [-0.15, -0.1) is 0 Å². The molecule has 0 heterocycles. The predicted molar refractivity (Wildman–Crippen MR) is 80.1 cm³/mol. The second-order valence-corrected chi connectivity index (χ2v) is 6.49. The monoisotopic (exact) mass is 261 g/mol. The van der Waals surface area contributed by atoms with Crippen molar-refractivity contribution in [2.75, 3.05) is 13.6 Å². The SMILES string of the molecule is CCC1(C)CC(O)(c2ccccc2C)CC1CNC. The fraction of sp³-hybridized carbons (Fsp3) is 0.647. The first-order valence-corrected chi connectivity index (χ1v) is 7.38. The van der Waals surface area contributed by atoms with Gasteiger partial charge in [-0.25, -0.2) is 0 Å². The first-order chi connectivity index (χ1) is 8.95. The number of aliphatic hydroxyl groups is 1. The Bertz CT molecular complexity index is 445. The van der Waals surface area contributed by atoms with Crippen molar-refractivity contribution in [1.29, 1.82) is 0 Å². The van der Waals surface area contributed by atoms with Crippen LogP contribution in [0.5, 0.6) is 0 Å². The Hall–Kier alpha value is -0.860. The number of rotatable bonds is 4.